The zero-order valence-corrected chi connectivity index (χ0v) is 15.8. The second kappa shape index (κ2) is 7.01. The second-order valence-corrected chi connectivity index (χ2v) is 6.88. The van der Waals surface area contributed by atoms with Crippen LogP contribution in [0.3, 0.4) is 0 Å². The Balaban J connectivity index is 1.81. The first-order valence-corrected chi connectivity index (χ1v) is 9.21. The Morgan fingerprint density at radius 2 is 1.93 bits per heavy atom. The third-order valence-electron chi connectivity index (χ3n) is 4.54. The first-order valence-electron chi connectivity index (χ1n) is 8.84. The standard InChI is InChI=1S/C20H17ClN4O3/c1-2-9-24-17-6-4-3-5-14(17)19(27)25(20(24)28)23-18(26)16-11-12-10-13(21)7-8-15(12)22-16/h3-8,10-11,22H,2,9H2,1H3,(H,23,26). The molecule has 28 heavy (non-hydrogen) atoms. The third kappa shape index (κ3) is 2.99. The lowest BCUT2D eigenvalue weighted by molar-refractivity contribution is 0.100. The molecule has 0 bridgehead atoms. The quantitative estimate of drug-likeness (QED) is 0.555. The van der Waals surface area contributed by atoms with Crippen molar-refractivity contribution in [3.63, 3.8) is 0 Å². The maximum Gasteiger partial charge on any atom is 0.350 e. The van der Waals surface area contributed by atoms with Crippen LogP contribution >= 0.6 is 11.6 Å². The fraction of sp³-hybridized carbons (Fsp3) is 0.150. The van der Waals surface area contributed by atoms with E-state index in [1.165, 1.54) is 4.57 Å². The van der Waals surface area contributed by atoms with E-state index in [0.717, 1.165) is 15.6 Å². The molecule has 0 atom stereocenters. The molecule has 0 unspecified atom stereocenters. The van der Waals surface area contributed by atoms with Crippen LogP contribution in [0.1, 0.15) is 23.8 Å². The monoisotopic (exact) mass is 396 g/mol. The van der Waals surface area contributed by atoms with Gasteiger partial charge in [-0.2, -0.15) is 4.68 Å². The third-order valence-corrected chi connectivity index (χ3v) is 4.77. The molecule has 4 rings (SSSR count). The molecule has 0 saturated carbocycles. The molecule has 7 nitrogen and oxygen atoms in total. The number of H-pyrrole nitrogens is 1. The molecule has 0 saturated heterocycles. The molecule has 142 valence electrons. The summed E-state index contributed by atoms with van der Waals surface area (Å²) in [5.74, 6) is -0.593. The van der Waals surface area contributed by atoms with Gasteiger partial charge in [-0.1, -0.05) is 30.7 Å². The molecule has 1 amide bonds. The predicted octanol–water partition coefficient (Wildman–Crippen LogP) is 3.09. The minimum Gasteiger partial charge on any atom is -0.350 e. The summed E-state index contributed by atoms with van der Waals surface area (Å²) in [4.78, 5) is 41.3. The molecule has 8 heteroatoms. The van der Waals surface area contributed by atoms with Crippen LogP contribution < -0.4 is 16.7 Å². The smallest absolute Gasteiger partial charge is 0.350 e. The number of carbonyl (C=O) groups excluding carboxylic acids is 1. The van der Waals surface area contributed by atoms with Gasteiger partial charge in [-0.15, -0.1) is 0 Å². The van der Waals surface area contributed by atoms with Crippen molar-refractivity contribution in [2.75, 3.05) is 5.43 Å². The molecule has 2 N–H and O–H groups in total. The average Bonchev–Trinajstić information content (AvgIpc) is 3.11. The second-order valence-electron chi connectivity index (χ2n) is 6.45. The molecular weight excluding hydrogens is 380 g/mol. The molecule has 0 aliphatic heterocycles. The van der Waals surface area contributed by atoms with E-state index in [1.807, 2.05) is 6.92 Å². The number of halogens is 1. The van der Waals surface area contributed by atoms with Crippen molar-refractivity contribution in [1.82, 2.24) is 14.2 Å². The fourth-order valence-corrected chi connectivity index (χ4v) is 3.43. The van der Waals surface area contributed by atoms with Gasteiger partial charge in [0.2, 0.25) is 0 Å². The largest absolute Gasteiger partial charge is 0.350 e. The summed E-state index contributed by atoms with van der Waals surface area (Å²) in [6.07, 6.45) is 0.707. The van der Waals surface area contributed by atoms with Gasteiger partial charge >= 0.3 is 5.69 Å². The number of rotatable bonds is 4. The molecule has 4 aromatic rings. The minimum atomic E-state index is -0.593. The van der Waals surface area contributed by atoms with E-state index in [9.17, 15) is 14.4 Å². The fourth-order valence-electron chi connectivity index (χ4n) is 3.25. The van der Waals surface area contributed by atoms with Crippen molar-refractivity contribution in [2.24, 2.45) is 0 Å². The maximum atomic E-state index is 12.9. The predicted molar refractivity (Wildman–Crippen MR) is 110 cm³/mol. The summed E-state index contributed by atoms with van der Waals surface area (Å²) in [6, 6.07) is 13.7. The summed E-state index contributed by atoms with van der Waals surface area (Å²) < 4.78 is 2.25. The first-order chi connectivity index (χ1) is 13.5. The molecule has 0 aliphatic carbocycles. The number of aromatic nitrogens is 3. The Labute approximate surface area is 164 Å². The normalized spacial score (nSPS) is 11.2. The van der Waals surface area contributed by atoms with Crippen LogP contribution in [0.4, 0.5) is 0 Å². The van der Waals surface area contributed by atoms with Gasteiger partial charge in [-0.05, 0) is 42.8 Å². The molecule has 2 aromatic heterocycles. The Bertz CT molecular complexity index is 1330. The highest BCUT2D eigenvalue weighted by molar-refractivity contribution is 6.31. The minimum absolute atomic E-state index is 0.221. The van der Waals surface area contributed by atoms with E-state index >= 15 is 0 Å². The molecule has 0 fully saturated rings. The molecule has 0 radical (unpaired) electrons. The van der Waals surface area contributed by atoms with Gasteiger partial charge < -0.3 is 4.98 Å². The lowest BCUT2D eigenvalue weighted by Gasteiger charge is -2.13. The number of nitrogens with one attached hydrogen (secondary N) is 2. The zero-order chi connectivity index (χ0) is 19.8. The van der Waals surface area contributed by atoms with E-state index in [2.05, 4.69) is 10.4 Å². The van der Waals surface area contributed by atoms with E-state index < -0.39 is 17.2 Å². The highest BCUT2D eigenvalue weighted by Gasteiger charge is 2.16. The van der Waals surface area contributed by atoms with Gasteiger partial charge in [0.05, 0.1) is 10.9 Å². The van der Waals surface area contributed by atoms with Crippen molar-refractivity contribution >= 4 is 39.3 Å². The summed E-state index contributed by atoms with van der Waals surface area (Å²) in [5, 5.41) is 1.66. The Hall–Kier alpha value is -3.32. The topological polar surface area (TPSA) is 88.9 Å². The highest BCUT2D eigenvalue weighted by atomic mass is 35.5. The Kier molecular flexibility index (Phi) is 4.52. The van der Waals surface area contributed by atoms with Gasteiger partial charge in [0.15, 0.2) is 0 Å². The SMILES string of the molecule is CCCn1c(=O)n(NC(=O)c2cc3cc(Cl)ccc3[nH]2)c(=O)c2ccccc21. The number of amides is 1. The number of fused-ring (bicyclic) bond motifs is 2. The number of hydrogen-bond acceptors (Lipinski definition) is 3. The number of hydrogen-bond donors (Lipinski definition) is 2. The van der Waals surface area contributed by atoms with Crippen LogP contribution in [0.2, 0.25) is 5.02 Å². The van der Waals surface area contributed by atoms with E-state index in [1.54, 1.807) is 48.5 Å². The van der Waals surface area contributed by atoms with Crippen LogP contribution in [0, 0.1) is 0 Å². The number of para-hydroxylation sites is 1. The number of carbonyl (C=O) groups is 1. The van der Waals surface area contributed by atoms with E-state index in [4.69, 9.17) is 11.6 Å². The van der Waals surface area contributed by atoms with Crippen LogP contribution in [0.5, 0.6) is 0 Å². The maximum absolute atomic E-state index is 12.9. The van der Waals surface area contributed by atoms with Gasteiger partial charge in [0, 0.05) is 22.5 Å². The summed E-state index contributed by atoms with van der Waals surface area (Å²) >= 11 is 5.98. The average molecular weight is 397 g/mol. The number of aromatic amines is 1. The van der Waals surface area contributed by atoms with Crippen LogP contribution in [-0.2, 0) is 6.54 Å². The number of benzene rings is 2. The zero-order valence-electron chi connectivity index (χ0n) is 15.0. The van der Waals surface area contributed by atoms with Crippen LogP contribution in [0.15, 0.2) is 58.1 Å². The Morgan fingerprint density at radius 1 is 1.14 bits per heavy atom. The van der Waals surface area contributed by atoms with E-state index in [0.29, 0.717) is 28.9 Å². The van der Waals surface area contributed by atoms with Crippen molar-refractivity contribution in [3.8, 4) is 0 Å². The van der Waals surface area contributed by atoms with Crippen molar-refractivity contribution in [3.05, 3.63) is 80.1 Å². The van der Waals surface area contributed by atoms with Crippen molar-refractivity contribution < 1.29 is 4.79 Å². The molecule has 0 aliphatic rings. The Morgan fingerprint density at radius 3 is 2.71 bits per heavy atom. The number of nitrogens with zero attached hydrogens (tertiary/aromatic N) is 2. The molecule has 2 heterocycles. The first kappa shape index (κ1) is 18.1. The van der Waals surface area contributed by atoms with Crippen LogP contribution in [-0.4, -0.2) is 20.1 Å². The van der Waals surface area contributed by atoms with Gasteiger partial charge in [0.1, 0.15) is 5.69 Å². The summed E-state index contributed by atoms with van der Waals surface area (Å²) in [7, 11) is 0. The summed E-state index contributed by atoms with van der Waals surface area (Å²) in [5.41, 5.74) is 2.77. The van der Waals surface area contributed by atoms with Crippen molar-refractivity contribution in [1.29, 1.82) is 0 Å². The van der Waals surface area contributed by atoms with Crippen LogP contribution in [0.25, 0.3) is 21.8 Å². The lowest BCUT2D eigenvalue weighted by Crippen LogP contribution is -2.46. The highest BCUT2D eigenvalue weighted by Crippen LogP contribution is 2.20. The van der Waals surface area contributed by atoms with Gasteiger partial charge in [-0.25, -0.2) is 4.79 Å². The van der Waals surface area contributed by atoms with Crippen molar-refractivity contribution in [2.45, 2.75) is 19.9 Å². The van der Waals surface area contributed by atoms with Gasteiger partial charge in [0.25, 0.3) is 11.5 Å². The number of aryl methyl sites for hydroxylation is 1. The molecule has 2 aromatic carbocycles. The molecule has 0 spiro atoms. The van der Waals surface area contributed by atoms with Gasteiger partial charge in [-0.3, -0.25) is 19.6 Å². The lowest BCUT2D eigenvalue weighted by atomic mass is 10.2. The molecular formula is C20H17ClN4O3. The van der Waals surface area contributed by atoms with E-state index in [-0.39, 0.29) is 5.69 Å². The summed E-state index contributed by atoms with van der Waals surface area (Å²) in [6.45, 7) is 2.37.